The molecule has 1 aromatic rings. The van der Waals surface area contributed by atoms with E-state index in [1.807, 2.05) is 0 Å². The SMILES string of the molecule is CN1CN(CCN)c2ccccc21. The summed E-state index contributed by atoms with van der Waals surface area (Å²) in [4.78, 5) is 4.54. The van der Waals surface area contributed by atoms with E-state index in [0.717, 1.165) is 13.2 Å². The fourth-order valence-electron chi connectivity index (χ4n) is 1.81. The number of hydrogen-bond donors (Lipinski definition) is 1. The lowest BCUT2D eigenvalue weighted by molar-refractivity contribution is 0.805. The summed E-state index contributed by atoms with van der Waals surface area (Å²) in [6, 6.07) is 8.43. The van der Waals surface area contributed by atoms with Crippen LogP contribution in [-0.2, 0) is 0 Å². The summed E-state index contributed by atoms with van der Waals surface area (Å²) in [6.45, 7) is 2.60. The van der Waals surface area contributed by atoms with Gasteiger partial charge in [-0.05, 0) is 12.1 Å². The maximum Gasteiger partial charge on any atom is 0.0901 e. The van der Waals surface area contributed by atoms with Gasteiger partial charge in [0.25, 0.3) is 0 Å². The van der Waals surface area contributed by atoms with E-state index in [2.05, 4.69) is 41.1 Å². The van der Waals surface area contributed by atoms with Crippen LogP contribution in [0.15, 0.2) is 24.3 Å². The van der Waals surface area contributed by atoms with Crippen molar-refractivity contribution in [1.82, 2.24) is 0 Å². The molecule has 0 spiro atoms. The number of anilines is 2. The third-order valence-electron chi connectivity index (χ3n) is 2.42. The highest BCUT2D eigenvalue weighted by Crippen LogP contribution is 2.33. The van der Waals surface area contributed by atoms with Gasteiger partial charge in [-0.15, -0.1) is 0 Å². The monoisotopic (exact) mass is 177 g/mol. The minimum absolute atomic E-state index is 0.710. The first-order chi connectivity index (χ1) is 6.33. The minimum atomic E-state index is 0.710. The van der Waals surface area contributed by atoms with Crippen LogP contribution in [0, 0.1) is 0 Å². The molecule has 0 aliphatic carbocycles. The minimum Gasteiger partial charge on any atom is -0.355 e. The summed E-state index contributed by atoms with van der Waals surface area (Å²) < 4.78 is 0. The molecule has 0 saturated heterocycles. The van der Waals surface area contributed by atoms with Gasteiger partial charge in [-0.25, -0.2) is 0 Å². The van der Waals surface area contributed by atoms with Gasteiger partial charge in [-0.2, -0.15) is 0 Å². The first-order valence-electron chi connectivity index (χ1n) is 4.58. The van der Waals surface area contributed by atoms with Gasteiger partial charge in [0.1, 0.15) is 0 Å². The van der Waals surface area contributed by atoms with Crippen molar-refractivity contribution in [2.75, 3.05) is 36.6 Å². The molecule has 0 bridgehead atoms. The molecule has 1 heterocycles. The number of para-hydroxylation sites is 2. The van der Waals surface area contributed by atoms with E-state index in [4.69, 9.17) is 5.73 Å². The highest BCUT2D eigenvalue weighted by atomic mass is 15.4. The Morgan fingerprint density at radius 1 is 1.31 bits per heavy atom. The first kappa shape index (κ1) is 8.38. The maximum absolute atomic E-state index is 5.55. The Morgan fingerprint density at radius 3 is 2.69 bits per heavy atom. The van der Waals surface area contributed by atoms with Crippen molar-refractivity contribution >= 4 is 11.4 Å². The largest absolute Gasteiger partial charge is 0.355 e. The number of hydrogen-bond acceptors (Lipinski definition) is 3. The lowest BCUT2D eigenvalue weighted by Crippen LogP contribution is -2.32. The van der Waals surface area contributed by atoms with E-state index in [0.29, 0.717) is 6.54 Å². The van der Waals surface area contributed by atoms with Crippen molar-refractivity contribution in [2.45, 2.75) is 0 Å². The summed E-state index contributed by atoms with van der Waals surface area (Å²) in [5.41, 5.74) is 8.15. The maximum atomic E-state index is 5.55. The summed E-state index contributed by atoms with van der Waals surface area (Å²) >= 11 is 0. The summed E-state index contributed by atoms with van der Waals surface area (Å²) in [5, 5.41) is 0. The molecule has 0 radical (unpaired) electrons. The molecule has 0 amide bonds. The molecule has 0 saturated carbocycles. The highest BCUT2D eigenvalue weighted by molar-refractivity contribution is 5.75. The molecule has 1 aromatic carbocycles. The highest BCUT2D eigenvalue weighted by Gasteiger charge is 2.21. The zero-order chi connectivity index (χ0) is 9.26. The number of benzene rings is 1. The second-order valence-corrected chi connectivity index (χ2v) is 3.38. The molecule has 0 aromatic heterocycles. The molecular weight excluding hydrogens is 162 g/mol. The molecule has 0 unspecified atom stereocenters. The molecule has 3 nitrogen and oxygen atoms in total. The van der Waals surface area contributed by atoms with Crippen LogP contribution in [0.1, 0.15) is 0 Å². The van der Waals surface area contributed by atoms with Crippen LogP contribution < -0.4 is 15.5 Å². The van der Waals surface area contributed by atoms with E-state index in [1.54, 1.807) is 0 Å². The second-order valence-electron chi connectivity index (χ2n) is 3.38. The lowest BCUT2D eigenvalue weighted by atomic mass is 10.2. The van der Waals surface area contributed by atoms with Crippen LogP contribution in [0.25, 0.3) is 0 Å². The Kier molecular flexibility index (Phi) is 2.10. The fraction of sp³-hybridized carbons (Fsp3) is 0.400. The third kappa shape index (κ3) is 1.35. The molecule has 2 N–H and O–H groups in total. The quantitative estimate of drug-likeness (QED) is 0.727. The normalized spacial score (nSPS) is 14.9. The summed E-state index contributed by atoms with van der Waals surface area (Å²) in [7, 11) is 2.11. The van der Waals surface area contributed by atoms with Crippen molar-refractivity contribution in [3.05, 3.63) is 24.3 Å². The van der Waals surface area contributed by atoms with Crippen LogP contribution in [0.5, 0.6) is 0 Å². The molecule has 0 atom stereocenters. The van der Waals surface area contributed by atoms with Gasteiger partial charge < -0.3 is 15.5 Å². The lowest BCUT2D eigenvalue weighted by Gasteiger charge is -2.17. The van der Waals surface area contributed by atoms with Crippen molar-refractivity contribution in [3.8, 4) is 0 Å². The first-order valence-corrected chi connectivity index (χ1v) is 4.58. The predicted molar refractivity (Wildman–Crippen MR) is 56.1 cm³/mol. The topological polar surface area (TPSA) is 32.5 Å². The average molecular weight is 177 g/mol. The molecule has 2 rings (SSSR count). The molecule has 0 fully saturated rings. The summed E-state index contributed by atoms with van der Waals surface area (Å²) in [5.74, 6) is 0. The van der Waals surface area contributed by atoms with Crippen molar-refractivity contribution in [3.63, 3.8) is 0 Å². The molecule has 1 aliphatic rings. The van der Waals surface area contributed by atoms with Gasteiger partial charge in [0.05, 0.1) is 18.0 Å². The van der Waals surface area contributed by atoms with Gasteiger partial charge in [0.2, 0.25) is 0 Å². The van der Waals surface area contributed by atoms with Crippen molar-refractivity contribution in [1.29, 1.82) is 0 Å². The Balaban J connectivity index is 2.30. The van der Waals surface area contributed by atoms with E-state index in [1.165, 1.54) is 11.4 Å². The Morgan fingerprint density at radius 2 is 2.00 bits per heavy atom. The Bertz CT molecular complexity index is 298. The number of nitrogens with zero attached hydrogens (tertiary/aromatic N) is 2. The fourth-order valence-corrected chi connectivity index (χ4v) is 1.81. The van der Waals surface area contributed by atoms with Gasteiger partial charge in [-0.1, -0.05) is 12.1 Å². The number of fused-ring (bicyclic) bond motifs is 1. The Labute approximate surface area is 78.7 Å². The van der Waals surface area contributed by atoms with Gasteiger partial charge in [-0.3, -0.25) is 0 Å². The second kappa shape index (κ2) is 3.26. The standard InChI is InChI=1S/C10H15N3/c1-12-8-13(7-6-11)10-5-3-2-4-9(10)12/h2-5H,6-8,11H2,1H3. The molecule has 13 heavy (non-hydrogen) atoms. The van der Waals surface area contributed by atoms with Crippen LogP contribution in [0.4, 0.5) is 11.4 Å². The zero-order valence-corrected chi connectivity index (χ0v) is 7.90. The van der Waals surface area contributed by atoms with E-state index < -0.39 is 0 Å². The van der Waals surface area contributed by atoms with Crippen LogP contribution in [0.3, 0.4) is 0 Å². The van der Waals surface area contributed by atoms with Gasteiger partial charge >= 0.3 is 0 Å². The predicted octanol–water partition coefficient (Wildman–Crippen LogP) is 0.859. The van der Waals surface area contributed by atoms with Crippen LogP contribution in [0.2, 0.25) is 0 Å². The molecule has 1 aliphatic heterocycles. The zero-order valence-electron chi connectivity index (χ0n) is 7.90. The molecule has 70 valence electrons. The average Bonchev–Trinajstić information content (AvgIpc) is 2.46. The van der Waals surface area contributed by atoms with Crippen LogP contribution in [-0.4, -0.2) is 26.8 Å². The third-order valence-corrected chi connectivity index (χ3v) is 2.42. The number of rotatable bonds is 2. The van der Waals surface area contributed by atoms with E-state index in [-0.39, 0.29) is 0 Å². The van der Waals surface area contributed by atoms with Gasteiger partial charge in [0, 0.05) is 20.1 Å². The smallest absolute Gasteiger partial charge is 0.0901 e. The Hall–Kier alpha value is -1.22. The van der Waals surface area contributed by atoms with E-state index >= 15 is 0 Å². The van der Waals surface area contributed by atoms with Crippen LogP contribution >= 0.6 is 0 Å². The van der Waals surface area contributed by atoms with E-state index in [9.17, 15) is 0 Å². The van der Waals surface area contributed by atoms with Gasteiger partial charge in [0.15, 0.2) is 0 Å². The van der Waals surface area contributed by atoms with Crippen molar-refractivity contribution in [2.24, 2.45) is 5.73 Å². The summed E-state index contributed by atoms with van der Waals surface area (Å²) in [6.07, 6.45) is 0. The number of nitrogens with two attached hydrogens (primary N) is 1. The molecule has 3 heteroatoms. The molecular formula is C10H15N3. The van der Waals surface area contributed by atoms with Crippen molar-refractivity contribution < 1.29 is 0 Å².